The summed E-state index contributed by atoms with van der Waals surface area (Å²) in [4.78, 5) is 10.5. The fraction of sp³-hybridized carbons (Fsp3) is 0.0435. The zero-order valence-corrected chi connectivity index (χ0v) is 19.0. The fourth-order valence-corrected chi connectivity index (χ4v) is 6.50. The molecule has 160 valence electrons. The van der Waals surface area contributed by atoms with Crippen molar-refractivity contribution in [2.75, 3.05) is 4.67 Å². The van der Waals surface area contributed by atoms with Gasteiger partial charge in [0.15, 0.2) is 0 Å². The number of benzene rings is 4. The Morgan fingerprint density at radius 1 is 1.00 bits per heavy atom. The first kappa shape index (κ1) is 20.8. The quantitative estimate of drug-likeness (QED) is 0.175. The SMILES string of the molecule is O=[N+]([O-])c1ccc(OP2(=S)Oc3ccc4ccccc4c3CN2c2ccc(Cl)cc2)cc1. The maximum Gasteiger partial charge on any atom is 0.395 e. The van der Waals surface area contributed by atoms with E-state index in [2.05, 4.69) is 12.1 Å². The van der Waals surface area contributed by atoms with Crippen molar-refractivity contribution in [1.82, 2.24) is 0 Å². The van der Waals surface area contributed by atoms with Crippen LogP contribution in [0, 0.1) is 10.1 Å². The highest BCUT2D eigenvalue weighted by molar-refractivity contribution is 8.11. The maximum absolute atomic E-state index is 11.0. The predicted octanol–water partition coefficient (Wildman–Crippen LogP) is 7.10. The third kappa shape index (κ3) is 3.79. The second-order valence-corrected chi connectivity index (χ2v) is 10.8. The smallest absolute Gasteiger partial charge is 0.395 e. The minimum Gasteiger partial charge on any atom is -0.420 e. The summed E-state index contributed by atoms with van der Waals surface area (Å²) in [5, 5.41) is 13.8. The molecule has 4 aromatic rings. The molecule has 1 atom stereocenters. The molecule has 0 N–H and O–H groups in total. The molecule has 0 aromatic heterocycles. The van der Waals surface area contributed by atoms with Crippen LogP contribution in [0.2, 0.25) is 5.02 Å². The van der Waals surface area contributed by atoms with E-state index >= 15 is 0 Å². The number of hydrogen-bond acceptors (Lipinski definition) is 5. The van der Waals surface area contributed by atoms with Crippen LogP contribution < -0.4 is 13.7 Å². The number of nitrogens with zero attached hydrogens (tertiary/aromatic N) is 2. The summed E-state index contributed by atoms with van der Waals surface area (Å²) in [6.07, 6.45) is 0. The Labute approximate surface area is 194 Å². The van der Waals surface area contributed by atoms with Gasteiger partial charge in [-0.1, -0.05) is 41.9 Å². The number of anilines is 1. The Hall–Kier alpha value is -3.12. The molecule has 32 heavy (non-hydrogen) atoms. The van der Waals surface area contributed by atoms with Gasteiger partial charge in [0, 0.05) is 40.2 Å². The third-order valence-electron chi connectivity index (χ3n) is 5.21. The highest BCUT2D eigenvalue weighted by atomic mass is 35.5. The third-order valence-corrected chi connectivity index (χ3v) is 8.33. The summed E-state index contributed by atoms with van der Waals surface area (Å²) >= 11 is 12.1. The van der Waals surface area contributed by atoms with E-state index in [4.69, 9.17) is 32.5 Å². The van der Waals surface area contributed by atoms with Crippen LogP contribution in [0.5, 0.6) is 11.5 Å². The van der Waals surface area contributed by atoms with Crippen LogP contribution in [0.15, 0.2) is 84.9 Å². The molecule has 0 bridgehead atoms. The number of fused-ring (bicyclic) bond motifs is 3. The minimum atomic E-state index is -3.08. The standard InChI is InChI=1S/C23H16ClN2O4PS/c24-17-6-8-18(9-7-17)25-15-22-21-4-2-1-3-16(21)5-14-23(22)30-31(25,32)29-20-12-10-19(11-13-20)26(27)28/h1-14H,15H2. The van der Waals surface area contributed by atoms with E-state index in [0.717, 1.165) is 22.0 Å². The van der Waals surface area contributed by atoms with Crippen molar-refractivity contribution in [3.63, 3.8) is 0 Å². The Morgan fingerprint density at radius 3 is 2.44 bits per heavy atom. The molecule has 6 nitrogen and oxygen atoms in total. The Bertz CT molecular complexity index is 1380. The summed E-state index contributed by atoms with van der Waals surface area (Å²) < 4.78 is 14.5. The summed E-state index contributed by atoms with van der Waals surface area (Å²) in [7, 11) is 0. The van der Waals surface area contributed by atoms with E-state index in [1.807, 2.05) is 41.1 Å². The zero-order chi connectivity index (χ0) is 22.3. The van der Waals surface area contributed by atoms with Crippen LogP contribution in [0.4, 0.5) is 11.4 Å². The van der Waals surface area contributed by atoms with Gasteiger partial charge in [-0.3, -0.25) is 14.8 Å². The number of hydrogen-bond donors (Lipinski definition) is 0. The normalized spacial score (nSPS) is 17.5. The lowest BCUT2D eigenvalue weighted by atomic mass is 10.0. The zero-order valence-electron chi connectivity index (χ0n) is 16.6. The first-order valence-electron chi connectivity index (χ1n) is 9.71. The number of rotatable bonds is 4. The lowest BCUT2D eigenvalue weighted by molar-refractivity contribution is -0.384. The summed E-state index contributed by atoms with van der Waals surface area (Å²) in [6.45, 7) is -2.59. The minimum absolute atomic E-state index is 0.0231. The molecule has 9 heteroatoms. The van der Waals surface area contributed by atoms with Gasteiger partial charge >= 0.3 is 6.64 Å². The molecular weight excluding hydrogens is 467 g/mol. The van der Waals surface area contributed by atoms with Gasteiger partial charge in [0.2, 0.25) is 0 Å². The summed E-state index contributed by atoms with van der Waals surface area (Å²) in [6, 6.07) is 25.2. The van der Waals surface area contributed by atoms with Gasteiger partial charge < -0.3 is 9.05 Å². The highest BCUT2D eigenvalue weighted by Gasteiger charge is 2.38. The summed E-state index contributed by atoms with van der Waals surface area (Å²) in [5.41, 5.74) is 1.81. The molecule has 4 aromatic carbocycles. The number of nitro groups is 1. The molecule has 0 aliphatic carbocycles. The van der Waals surface area contributed by atoms with Gasteiger partial charge in [-0.2, -0.15) is 0 Å². The average molecular weight is 483 g/mol. The van der Waals surface area contributed by atoms with Gasteiger partial charge in [0.05, 0.1) is 11.5 Å². The Balaban J connectivity index is 1.60. The first-order chi connectivity index (χ1) is 15.4. The Morgan fingerprint density at radius 2 is 1.72 bits per heavy atom. The van der Waals surface area contributed by atoms with Crippen molar-refractivity contribution < 1.29 is 14.0 Å². The lowest BCUT2D eigenvalue weighted by Gasteiger charge is -2.39. The average Bonchev–Trinajstić information content (AvgIpc) is 2.79. The molecule has 1 aliphatic rings. The molecule has 0 saturated heterocycles. The van der Waals surface area contributed by atoms with Crippen molar-refractivity contribution in [2.45, 2.75) is 6.54 Å². The molecule has 0 fully saturated rings. The fourth-order valence-electron chi connectivity index (χ4n) is 3.65. The monoisotopic (exact) mass is 482 g/mol. The number of non-ortho nitro benzene ring substituents is 1. The van der Waals surface area contributed by atoms with Crippen LogP contribution in [0.3, 0.4) is 0 Å². The second-order valence-electron chi connectivity index (χ2n) is 7.20. The van der Waals surface area contributed by atoms with Gasteiger partial charge in [-0.05, 0) is 53.2 Å². The van der Waals surface area contributed by atoms with Gasteiger partial charge in [-0.25, -0.2) is 0 Å². The van der Waals surface area contributed by atoms with E-state index in [9.17, 15) is 10.1 Å². The first-order valence-corrected chi connectivity index (χ1v) is 12.7. The number of halogens is 1. The molecule has 1 aliphatic heterocycles. The van der Waals surface area contributed by atoms with Crippen LogP contribution >= 0.6 is 18.2 Å². The molecule has 0 amide bonds. The van der Waals surface area contributed by atoms with Crippen molar-refractivity contribution in [2.24, 2.45) is 0 Å². The lowest BCUT2D eigenvalue weighted by Crippen LogP contribution is -2.29. The molecule has 5 rings (SSSR count). The van der Waals surface area contributed by atoms with E-state index in [0.29, 0.717) is 23.1 Å². The summed E-state index contributed by atoms with van der Waals surface area (Å²) in [5.74, 6) is 1.08. The van der Waals surface area contributed by atoms with Gasteiger partial charge in [-0.15, -0.1) is 0 Å². The van der Waals surface area contributed by atoms with Crippen molar-refractivity contribution >= 4 is 52.2 Å². The van der Waals surface area contributed by atoms with E-state index in [1.54, 1.807) is 12.1 Å². The molecular formula is C23H16ClN2O4PS. The van der Waals surface area contributed by atoms with Crippen molar-refractivity contribution in [3.8, 4) is 11.5 Å². The van der Waals surface area contributed by atoms with Crippen molar-refractivity contribution in [3.05, 3.63) is 106 Å². The largest absolute Gasteiger partial charge is 0.420 e. The number of nitro benzene ring substituents is 1. The predicted molar refractivity (Wildman–Crippen MR) is 130 cm³/mol. The molecule has 0 saturated carbocycles. The van der Waals surface area contributed by atoms with Crippen LogP contribution in [-0.4, -0.2) is 4.92 Å². The molecule has 0 spiro atoms. The molecule has 0 radical (unpaired) electrons. The van der Waals surface area contributed by atoms with Crippen LogP contribution in [0.1, 0.15) is 5.56 Å². The van der Waals surface area contributed by atoms with E-state index in [1.165, 1.54) is 24.3 Å². The van der Waals surface area contributed by atoms with Gasteiger partial charge in [0.25, 0.3) is 5.69 Å². The molecule has 1 heterocycles. The van der Waals surface area contributed by atoms with E-state index in [-0.39, 0.29) is 5.69 Å². The molecule has 1 unspecified atom stereocenters. The van der Waals surface area contributed by atoms with E-state index < -0.39 is 11.6 Å². The van der Waals surface area contributed by atoms with Crippen LogP contribution in [0.25, 0.3) is 10.8 Å². The van der Waals surface area contributed by atoms with Crippen molar-refractivity contribution in [1.29, 1.82) is 0 Å². The van der Waals surface area contributed by atoms with Gasteiger partial charge in [0.1, 0.15) is 11.5 Å². The van der Waals surface area contributed by atoms with Crippen LogP contribution in [-0.2, 0) is 18.4 Å². The second kappa shape index (κ2) is 8.10. The maximum atomic E-state index is 11.0. The highest BCUT2D eigenvalue weighted by Crippen LogP contribution is 2.59. The Kier molecular flexibility index (Phi) is 5.25. The topological polar surface area (TPSA) is 64.8 Å².